The van der Waals surface area contributed by atoms with Crippen LogP contribution in [0, 0.1) is 11.3 Å². The zero-order chi connectivity index (χ0) is 14.6. The second kappa shape index (κ2) is 6.04. The van der Waals surface area contributed by atoms with Crippen molar-refractivity contribution in [3.63, 3.8) is 0 Å². The molecule has 0 aromatic carbocycles. The van der Waals surface area contributed by atoms with Gasteiger partial charge in [-0.05, 0) is 31.8 Å². The van der Waals surface area contributed by atoms with Crippen LogP contribution in [0.2, 0.25) is 0 Å². The van der Waals surface area contributed by atoms with Gasteiger partial charge in [0.25, 0.3) is 5.95 Å². The first-order valence-electron chi connectivity index (χ1n) is 6.66. The third kappa shape index (κ3) is 3.24. The number of anilines is 1. The van der Waals surface area contributed by atoms with E-state index in [2.05, 4.69) is 10.1 Å². The third-order valence-electron chi connectivity index (χ3n) is 3.78. The lowest BCUT2D eigenvalue weighted by atomic mass is 9.76. The van der Waals surface area contributed by atoms with Crippen molar-refractivity contribution in [2.75, 3.05) is 18.0 Å². The Morgan fingerprint density at radius 2 is 2.00 bits per heavy atom. The summed E-state index contributed by atoms with van der Waals surface area (Å²) in [5.41, 5.74) is -0.896. The molecule has 1 atom stereocenters. The molecule has 1 unspecified atom stereocenters. The number of carbonyl (C=O) groups is 1. The lowest BCUT2D eigenvalue weighted by Gasteiger charge is -2.27. The molecule has 0 saturated carbocycles. The first kappa shape index (κ1) is 15.5. The van der Waals surface area contributed by atoms with E-state index < -0.39 is 11.4 Å². The van der Waals surface area contributed by atoms with Crippen LogP contribution in [0.1, 0.15) is 40.5 Å². The van der Waals surface area contributed by atoms with Crippen molar-refractivity contribution in [3.05, 3.63) is 5.89 Å². The molecule has 0 fully saturated rings. The van der Waals surface area contributed by atoms with Crippen molar-refractivity contribution in [2.24, 2.45) is 11.3 Å². The summed E-state index contributed by atoms with van der Waals surface area (Å²) in [5, 5.41) is 13.3. The van der Waals surface area contributed by atoms with E-state index in [1.54, 1.807) is 6.92 Å². The predicted octanol–water partition coefficient (Wildman–Crippen LogP) is 2.21. The molecule has 1 N–H and O–H groups in total. The van der Waals surface area contributed by atoms with Gasteiger partial charge in [0.1, 0.15) is 0 Å². The van der Waals surface area contributed by atoms with Gasteiger partial charge in [0.15, 0.2) is 0 Å². The minimum Gasteiger partial charge on any atom is -0.481 e. The summed E-state index contributed by atoms with van der Waals surface area (Å²) in [6.07, 6.45) is 0.244. The van der Waals surface area contributed by atoms with E-state index in [4.69, 9.17) is 4.52 Å². The molecule has 0 spiro atoms. The molecule has 6 heteroatoms. The Morgan fingerprint density at radius 3 is 2.42 bits per heavy atom. The molecule has 0 radical (unpaired) electrons. The molecular formula is C13H23N3O3. The molecule has 1 aromatic rings. The van der Waals surface area contributed by atoms with Crippen LogP contribution in [0.25, 0.3) is 0 Å². The SMILES string of the molecule is CCN(CC)c1noc(CC(C)(C(=O)O)C(C)C)n1. The topological polar surface area (TPSA) is 79.5 Å². The van der Waals surface area contributed by atoms with Crippen LogP contribution in [0.5, 0.6) is 0 Å². The van der Waals surface area contributed by atoms with Gasteiger partial charge in [0, 0.05) is 19.5 Å². The Bertz CT molecular complexity index is 427. The molecule has 0 bridgehead atoms. The van der Waals surface area contributed by atoms with E-state index >= 15 is 0 Å². The van der Waals surface area contributed by atoms with Crippen molar-refractivity contribution in [1.29, 1.82) is 0 Å². The maximum Gasteiger partial charge on any atom is 0.310 e. The van der Waals surface area contributed by atoms with Crippen LogP contribution in [-0.2, 0) is 11.2 Å². The van der Waals surface area contributed by atoms with E-state index in [9.17, 15) is 9.90 Å². The second-order valence-corrected chi connectivity index (χ2v) is 5.21. The number of nitrogens with zero attached hydrogens (tertiary/aromatic N) is 3. The van der Waals surface area contributed by atoms with Crippen molar-refractivity contribution < 1.29 is 14.4 Å². The number of rotatable bonds is 7. The highest BCUT2D eigenvalue weighted by atomic mass is 16.5. The zero-order valence-corrected chi connectivity index (χ0v) is 12.3. The quantitative estimate of drug-likeness (QED) is 0.817. The highest BCUT2D eigenvalue weighted by Gasteiger charge is 2.38. The number of hydrogen-bond acceptors (Lipinski definition) is 5. The van der Waals surface area contributed by atoms with Crippen LogP contribution in [0.4, 0.5) is 5.95 Å². The van der Waals surface area contributed by atoms with Crippen LogP contribution >= 0.6 is 0 Å². The standard InChI is InChI=1S/C13H23N3O3/c1-6-16(7-2)12-14-10(19-15-12)8-13(5,9(3)4)11(17)18/h9H,6-8H2,1-5H3,(H,17,18). The van der Waals surface area contributed by atoms with E-state index in [0.717, 1.165) is 13.1 Å². The van der Waals surface area contributed by atoms with E-state index in [1.807, 2.05) is 32.6 Å². The highest BCUT2D eigenvalue weighted by Crippen LogP contribution is 2.31. The van der Waals surface area contributed by atoms with Gasteiger partial charge < -0.3 is 14.5 Å². The van der Waals surface area contributed by atoms with Gasteiger partial charge in [-0.25, -0.2) is 0 Å². The maximum atomic E-state index is 11.4. The van der Waals surface area contributed by atoms with E-state index in [0.29, 0.717) is 11.8 Å². The summed E-state index contributed by atoms with van der Waals surface area (Å²) in [6.45, 7) is 11.1. The van der Waals surface area contributed by atoms with Crippen molar-refractivity contribution in [3.8, 4) is 0 Å². The molecule has 0 aliphatic carbocycles. The first-order valence-corrected chi connectivity index (χ1v) is 6.66. The maximum absolute atomic E-state index is 11.4. The van der Waals surface area contributed by atoms with Gasteiger partial charge in [-0.3, -0.25) is 4.79 Å². The van der Waals surface area contributed by atoms with E-state index in [-0.39, 0.29) is 12.3 Å². The summed E-state index contributed by atoms with van der Waals surface area (Å²) in [6, 6.07) is 0. The second-order valence-electron chi connectivity index (χ2n) is 5.21. The number of hydrogen-bond donors (Lipinski definition) is 1. The average molecular weight is 269 g/mol. The lowest BCUT2D eigenvalue weighted by Crippen LogP contribution is -2.35. The highest BCUT2D eigenvalue weighted by molar-refractivity contribution is 5.74. The fraction of sp³-hybridized carbons (Fsp3) is 0.769. The van der Waals surface area contributed by atoms with Gasteiger partial charge in [-0.1, -0.05) is 13.8 Å². The number of aromatic nitrogens is 2. The number of carboxylic acid groups (broad SMARTS) is 1. The van der Waals surface area contributed by atoms with Crippen LogP contribution in [-0.4, -0.2) is 34.3 Å². The molecule has 6 nitrogen and oxygen atoms in total. The third-order valence-corrected chi connectivity index (χ3v) is 3.78. The van der Waals surface area contributed by atoms with Crippen LogP contribution < -0.4 is 4.90 Å². The monoisotopic (exact) mass is 269 g/mol. The summed E-state index contributed by atoms with van der Waals surface area (Å²) in [5.74, 6) is 0.0379. The molecule has 0 saturated heterocycles. The Hall–Kier alpha value is -1.59. The molecule has 0 amide bonds. The molecule has 1 rings (SSSR count). The number of carboxylic acids is 1. The van der Waals surface area contributed by atoms with Gasteiger partial charge in [-0.2, -0.15) is 4.98 Å². The Labute approximate surface area is 113 Å². The summed E-state index contributed by atoms with van der Waals surface area (Å²) >= 11 is 0. The van der Waals surface area contributed by atoms with Crippen LogP contribution in [0.3, 0.4) is 0 Å². The Morgan fingerprint density at radius 1 is 1.42 bits per heavy atom. The van der Waals surface area contributed by atoms with Crippen LogP contribution in [0.15, 0.2) is 4.52 Å². The molecule has 108 valence electrons. The van der Waals surface area contributed by atoms with Gasteiger partial charge in [-0.15, -0.1) is 0 Å². The molecule has 0 aliphatic rings. The Balaban J connectivity index is 2.91. The normalized spacial score (nSPS) is 14.4. The molecular weight excluding hydrogens is 246 g/mol. The number of aliphatic carboxylic acids is 1. The van der Waals surface area contributed by atoms with Gasteiger partial charge in [0.2, 0.25) is 5.89 Å². The van der Waals surface area contributed by atoms with E-state index in [1.165, 1.54) is 0 Å². The smallest absolute Gasteiger partial charge is 0.310 e. The van der Waals surface area contributed by atoms with Crippen molar-refractivity contribution in [1.82, 2.24) is 10.1 Å². The van der Waals surface area contributed by atoms with Gasteiger partial charge in [0.05, 0.1) is 5.41 Å². The fourth-order valence-corrected chi connectivity index (χ4v) is 1.79. The van der Waals surface area contributed by atoms with Crippen molar-refractivity contribution >= 4 is 11.9 Å². The molecule has 0 aliphatic heterocycles. The summed E-state index contributed by atoms with van der Waals surface area (Å²) in [7, 11) is 0. The molecule has 19 heavy (non-hydrogen) atoms. The predicted molar refractivity (Wildman–Crippen MR) is 72.1 cm³/mol. The summed E-state index contributed by atoms with van der Waals surface area (Å²) in [4.78, 5) is 17.7. The zero-order valence-electron chi connectivity index (χ0n) is 12.3. The average Bonchev–Trinajstić information content (AvgIpc) is 2.78. The summed E-state index contributed by atoms with van der Waals surface area (Å²) < 4.78 is 5.18. The fourth-order valence-electron chi connectivity index (χ4n) is 1.79. The minimum atomic E-state index is -0.896. The largest absolute Gasteiger partial charge is 0.481 e. The Kier molecular flexibility index (Phi) is 4.91. The lowest BCUT2D eigenvalue weighted by molar-refractivity contribution is -0.150. The molecule has 1 aromatic heterocycles. The molecule has 1 heterocycles. The van der Waals surface area contributed by atoms with Gasteiger partial charge >= 0.3 is 5.97 Å². The van der Waals surface area contributed by atoms with Crippen molar-refractivity contribution in [2.45, 2.75) is 41.0 Å². The minimum absolute atomic E-state index is 0.0196. The first-order chi connectivity index (χ1) is 8.85.